The minimum Gasteiger partial charge on any atom is -0.478 e. The molecule has 0 aliphatic carbocycles. The third-order valence-corrected chi connectivity index (χ3v) is 6.19. The van der Waals surface area contributed by atoms with Gasteiger partial charge in [0.05, 0.1) is 36.5 Å². The number of aromatic nitrogens is 3. The molecule has 2 atom stereocenters. The fraction of sp³-hybridized carbons (Fsp3) is 0.448. The molecule has 1 aromatic carbocycles. The monoisotopic (exact) mass is 489 g/mol. The second kappa shape index (κ2) is 13.1. The molecule has 2 aromatic heterocycles. The van der Waals surface area contributed by atoms with Crippen LogP contribution in [-0.4, -0.2) is 39.7 Å². The highest BCUT2D eigenvalue weighted by atomic mass is 16.6. The number of hydrogen-bond donors (Lipinski definition) is 0. The number of epoxide rings is 1. The van der Waals surface area contributed by atoms with Crippen molar-refractivity contribution in [2.24, 2.45) is 0 Å². The summed E-state index contributed by atoms with van der Waals surface area (Å²) in [6.45, 7) is 4.99. The van der Waals surface area contributed by atoms with Gasteiger partial charge in [-0.1, -0.05) is 52.4 Å². The number of pyridine rings is 1. The molecule has 2 unspecified atom stereocenters. The molecule has 7 heteroatoms. The Kier molecular flexibility index (Phi) is 9.39. The molecular formula is C29H35N3O4. The summed E-state index contributed by atoms with van der Waals surface area (Å²) in [7, 11) is 0. The van der Waals surface area contributed by atoms with E-state index in [4.69, 9.17) is 14.2 Å². The Hall–Kier alpha value is -3.32. The number of unbranched alkanes of at least 4 members (excludes halogenated alkanes) is 5. The molecule has 0 N–H and O–H groups in total. The Bertz CT molecular complexity index is 1090. The lowest BCUT2D eigenvalue weighted by Gasteiger charge is -2.07. The first-order chi connectivity index (χ1) is 17.7. The maximum absolute atomic E-state index is 12.1. The smallest absolute Gasteiger partial charge is 0.343 e. The van der Waals surface area contributed by atoms with Crippen molar-refractivity contribution in [1.82, 2.24) is 15.0 Å². The van der Waals surface area contributed by atoms with Crippen LogP contribution < -0.4 is 9.47 Å². The standard InChI is InChI=1S/C29H35N3O4/c1-3-5-6-7-8-9-17-34-27-16-13-22(18-32-27)25-20-30-24(19-31-25)21-11-14-23(15-12-21)35-29(33)28-26(36-28)10-4-2/h11-16,18-20,26,28H,3-10,17H2,1-2H3. The van der Waals surface area contributed by atoms with Crippen molar-refractivity contribution in [3.63, 3.8) is 0 Å². The van der Waals surface area contributed by atoms with Gasteiger partial charge in [-0.25, -0.2) is 9.78 Å². The van der Waals surface area contributed by atoms with Crippen LogP contribution in [0, 0.1) is 0 Å². The average molecular weight is 490 g/mol. The van der Waals surface area contributed by atoms with Gasteiger partial charge in [-0.3, -0.25) is 9.97 Å². The number of esters is 1. The SMILES string of the molecule is CCCCCCCCOc1ccc(-c2cnc(-c3ccc(OC(=O)C4OC4CCC)cc3)cn2)cn1. The van der Waals surface area contributed by atoms with E-state index in [9.17, 15) is 4.79 Å². The third kappa shape index (κ3) is 7.34. The molecule has 36 heavy (non-hydrogen) atoms. The van der Waals surface area contributed by atoms with Gasteiger partial charge in [0.2, 0.25) is 5.88 Å². The Balaban J connectivity index is 1.25. The summed E-state index contributed by atoms with van der Waals surface area (Å²) in [6.07, 6.45) is 14.1. The van der Waals surface area contributed by atoms with Gasteiger partial charge in [0.1, 0.15) is 5.75 Å². The van der Waals surface area contributed by atoms with E-state index < -0.39 is 6.10 Å². The predicted octanol–water partition coefficient (Wildman–Crippen LogP) is 6.42. The summed E-state index contributed by atoms with van der Waals surface area (Å²) < 4.78 is 16.6. The molecule has 0 amide bonds. The topological polar surface area (TPSA) is 86.7 Å². The number of carbonyl (C=O) groups is 1. The van der Waals surface area contributed by atoms with Gasteiger partial charge in [-0.15, -0.1) is 0 Å². The summed E-state index contributed by atoms with van der Waals surface area (Å²) >= 11 is 0. The van der Waals surface area contributed by atoms with Gasteiger partial charge in [-0.2, -0.15) is 0 Å². The van der Waals surface area contributed by atoms with Gasteiger partial charge in [0.15, 0.2) is 6.10 Å². The molecule has 4 rings (SSSR count). The Labute approximate surface area is 213 Å². The van der Waals surface area contributed by atoms with Crippen LogP contribution in [0.25, 0.3) is 22.5 Å². The number of carbonyl (C=O) groups excluding carboxylic acids is 1. The van der Waals surface area contributed by atoms with E-state index in [-0.39, 0.29) is 12.1 Å². The van der Waals surface area contributed by atoms with Crippen LogP contribution in [0.2, 0.25) is 0 Å². The fourth-order valence-corrected chi connectivity index (χ4v) is 4.02. The highest BCUT2D eigenvalue weighted by Gasteiger charge is 2.45. The summed E-state index contributed by atoms with van der Waals surface area (Å²) in [5.74, 6) is 0.786. The molecule has 1 fully saturated rings. The molecule has 1 aliphatic heterocycles. The van der Waals surface area contributed by atoms with Crippen molar-refractivity contribution in [1.29, 1.82) is 0 Å². The molecule has 7 nitrogen and oxygen atoms in total. The van der Waals surface area contributed by atoms with E-state index in [0.29, 0.717) is 18.2 Å². The largest absolute Gasteiger partial charge is 0.478 e. The van der Waals surface area contributed by atoms with Gasteiger partial charge >= 0.3 is 5.97 Å². The van der Waals surface area contributed by atoms with E-state index in [1.807, 2.05) is 24.3 Å². The van der Waals surface area contributed by atoms with Gasteiger partial charge < -0.3 is 14.2 Å². The van der Waals surface area contributed by atoms with Crippen molar-refractivity contribution in [2.75, 3.05) is 6.61 Å². The highest BCUT2D eigenvalue weighted by molar-refractivity contribution is 5.80. The third-order valence-electron chi connectivity index (χ3n) is 6.19. The summed E-state index contributed by atoms with van der Waals surface area (Å²) in [5.41, 5.74) is 3.24. The van der Waals surface area contributed by atoms with Crippen LogP contribution >= 0.6 is 0 Å². The molecule has 1 aliphatic rings. The number of benzene rings is 1. The number of hydrogen-bond acceptors (Lipinski definition) is 7. The molecule has 3 aromatic rings. The van der Waals surface area contributed by atoms with Gasteiger partial charge in [0, 0.05) is 23.4 Å². The maximum Gasteiger partial charge on any atom is 0.343 e. The summed E-state index contributed by atoms with van der Waals surface area (Å²) in [5, 5.41) is 0. The van der Waals surface area contributed by atoms with E-state index in [2.05, 4.69) is 28.8 Å². The van der Waals surface area contributed by atoms with Crippen molar-refractivity contribution < 1.29 is 19.0 Å². The molecule has 0 spiro atoms. The minimum atomic E-state index is -0.432. The quantitative estimate of drug-likeness (QED) is 0.112. The minimum absolute atomic E-state index is 0.000373. The number of ether oxygens (including phenoxy) is 3. The first kappa shape index (κ1) is 25.8. The number of nitrogens with zero attached hydrogens (tertiary/aromatic N) is 3. The first-order valence-corrected chi connectivity index (χ1v) is 13.1. The van der Waals surface area contributed by atoms with E-state index in [0.717, 1.165) is 41.8 Å². The zero-order valence-electron chi connectivity index (χ0n) is 21.2. The second-order valence-electron chi connectivity index (χ2n) is 9.12. The van der Waals surface area contributed by atoms with Crippen molar-refractivity contribution in [3.8, 4) is 34.1 Å². The zero-order valence-corrected chi connectivity index (χ0v) is 21.2. The normalized spacial score (nSPS) is 16.5. The predicted molar refractivity (Wildman–Crippen MR) is 139 cm³/mol. The molecule has 0 radical (unpaired) electrons. The van der Waals surface area contributed by atoms with Crippen LogP contribution in [0.1, 0.15) is 65.2 Å². The Morgan fingerprint density at radius 1 is 0.806 bits per heavy atom. The second-order valence-corrected chi connectivity index (χ2v) is 9.12. The lowest BCUT2D eigenvalue weighted by atomic mass is 10.1. The zero-order chi connectivity index (χ0) is 25.2. The van der Waals surface area contributed by atoms with E-state index >= 15 is 0 Å². The lowest BCUT2D eigenvalue weighted by molar-refractivity contribution is -0.135. The van der Waals surface area contributed by atoms with Crippen LogP contribution in [0.4, 0.5) is 0 Å². The maximum atomic E-state index is 12.1. The van der Waals surface area contributed by atoms with Gasteiger partial charge in [0.25, 0.3) is 0 Å². The Morgan fingerprint density at radius 3 is 2.17 bits per heavy atom. The van der Waals surface area contributed by atoms with Crippen LogP contribution in [0.5, 0.6) is 11.6 Å². The first-order valence-electron chi connectivity index (χ1n) is 13.1. The number of rotatable bonds is 14. The molecule has 3 heterocycles. The van der Waals surface area contributed by atoms with E-state index in [1.54, 1.807) is 30.7 Å². The summed E-state index contributed by atoms with van der Waals surface area (Å²) in [4.78, 5) is 25.6. The van der Waals surface area contributed by atoms with Crippen molar-refractivity contribution in [3.05, 3.63) is 55.0 Å². The molecule has 0 bridgehead atoms. The van der Waals surface area contributed by atoms with Crippen molar-refractivity contribution in [2.45, 2.75) is 77.4 Å². The highest BCUT2D eigenvalue weighted by Crippen LogP contribution is 2.29. The van der Waals surface area contributed by atoms with E-state index in [1.165, 1.54) is 32.1 Å². The summed E-state index contributed by atoms with van der Waals surface area (Å²) in [6, 6.07) is 11.1. The fourth-order valence-electron chi connectivity index (χ4n) is 4.02. The Morgan fingerprint density at radius 2 is 1.50 bits per heavy atom. The van der Waals surface area contributed by atoms with Crippen LogP contribution in [-0.2, 0) is 9.53 Å². The average Bonchev–Trinajstić information content (AvgIpc) is 3.69. The molecule has 0 saturated carbocycles. The molecule has 190 valence electrons. The van der Waals surface area contributed by atoms with Gasteiger partial charge in [-0.05, 0) is 43.2 Å². The molecule has 1 saturated heterocycles. The lowest BCUT2D eigenvalue weighted by Crippen LogP contribution is -2.17. The van der Waals surface area contributed by atoms with Crippen LogP contribution in [0.15, 0.2) is 55.0 Å². The molecular weight excluding hydrogens is 454 g/mol. The van der Waals surface area contributed by atoms with Crippen molar-refractivity contribution >= 4 is 5.97 Å². The van der Waals surface area contributed by atoms with Crippen LogP contribution in [0.3, 0.4) is 0 Å².